The third-order valence-corrected chi connectivity index (χ3v) is 6.90. The molecule has 4 rings (SSSR count). The second-order valence-electron chi connectivity index (χ2n) is 7.84. The number of carbonyl (C=O) groups is 1. The van der Waals surface area contributed by atoms with E-state index in [0.29, 0.717) is 19.5 Å². The zero-order valence-electron chi connectivity index (χ0n) is 17.0. The Balaban J connectivity index is 1.28. The van der Waals surface area contributed by atoms with Crippen LogP contribution in [0.2, 0.25) is 0 Å². The molecule has 1 aromatic carbocycles. The lowest BCUT2D eigenvalue weighted by Gasteiger charge is -2.44. The lowest BCUT2D eigenvalue weighted by molar-refractivity contribution is -0.137. The molecule has 0 spiro atoms. The van der Waals surface area contributed by atoms with E-state index in [1.165, 1.54) is 21.5 Å². The highest BCUT2D eigenvalue weighted by Gasteiger charge is 2.38. The molecular weight excluding hydrogens is 400 g/mol. The van der Waals surface area contributed by atoms with Crippen LogP contribution in [0.1, 0.15) is 24.0 Å². The van der Waals surface area contributed by atoms with E-state index in [1.807, 2.05) is 30.5 Å². The first-order valence-corrected chi connectivity index (χ1v) is 11.9. The van der Waals surface area contributed by atoms with Crippen LogP contribution in [0.15, 0.2) is 55.0 Å². The molecular formula is C22H26N4O3S. The number of carbonyl (C=O) groups excluding carboxylic acids is 1. The van der Waals surface area contributed by atoms with Crippen molar-refractivity contribution in [1.82, 2.24) is 19.2 Å². The third kappa shape index (κ3) is 4.55. The van der Waals surface area contributed by atoms with E-state index in [4.69, 9.17) is 0 Å². The van der Waals surface area contributed by atoms with Crippen molar-refractivity contribution in [1.29, 1.82) is 0 Å². The fourth-order valence-corrected chi connectivity index (χ4v) is 5.01. The molecule has 3 heterocycles. The summed E-state index contributed by atoms with van der Waals surface area (Å²) in [5.74, 6) is 0.0842. The van der Waals surface area contributed by atoms with Gasteiger partial charge in [0.05, 0.1) is 12.3 Å². The quantitative estimate of drug-likeness (QED) is 0.600. The Hall–Kier alpha value is -2.71. The van der Waals surface area contributed by atoms with Crippen molar-refractivity contribution in [2.24, 2.45) is 0 Å². The summed E-state index contributed by atoms with van der Waals surface area (Å²) in [4.78, 5) is 21.6. The first-order valence-electron chi connectivity index (χ1n) is 10.1. The second kappa shape index (κ2) is 8.57. The van der Waals surface area contributed by atoms with Gasteiger partial charge in [-0.2, -0.15) is 4.31 Å². The number of fused-ring (bicyclic) bond motifs is 1. The number of aromatic amines is 1. The number of para-hydroxylation sites is 1. The van der Waals surface area contributed by atoms with Crippen LogP contribution >= 0.6 is 0 Å². The Morgan fingerprint density at radius 2 is 2.03 bits per heavy atom. The van der Waals surface area contributed by atoms with Crippen molar-refractivity contribution in [2.45, 2.75) is 31.8 Å². The Morgan fingerprint density at radius 3 is 2.77 bits per heavy atom. The molecule has 0 saturated carbocycles. The molecule has 1 amide bonds. The number of H-pyrrole nitrogens is 1. The first kappa shape index (κ1) is 20.6. The van der Waals surface area contributed by atoms with E-state index in [1.54, 1.807) is 23.4 Å². The molecule has 1 N–H and O–H groups in total. The van der Waals surface area contributed by atoms with Crippen molar-refractivity contribution in [3.05, 3.63) is 66.1 Å². The molecule has 7 nitrogen and oxygen atoms in total. The molecule has 3 aromatic rings. The number of aryl methyl sites for hydroxylation is 1. The zero-order valence-corrected chi connectivity index (χ0v) is 17.8. The molecule has 0 atom stereocenters. The summed E-state index contributed by atoms with van der Waals surface area (Å²) in [5.41, 5.74) is 3.17. The summed E-state index contributed by atoms with van der Waals surface area (Å²) in [6.07, 6.45) is 8.63. The van der Waals surface area contributed by atoms with Crippen molar-refractivity contribution < 1.29 is 13.2 Å². The molecule has 2 aromatic heterocycles. The number of hydrogen-bond acceptors (Lipinski definition) is 4. The zero-order chi connectivity index (χ0) is 21.1. The minimum Gasteiger partial charge on any atom is -0.361 e. The van der Waals surface area contributed by atoms with E-state index in [2.05, 4.69) is 16.0 Å². The van der Waals surface area contributed by atoms with Crippen LogP contribution in [0.4, 0.5) is 0 Å². The van der Waals surface area contributed by atoms with Crippen LogP contribution in [0.3, 0.4) is 0 Å². The van der Waals surface area contributed by atoms with Crippen LogP contribution in [-0.4, -0.2) is 58.9 Å². The normalized spacial score (nSPS) is 14.9. The number of aromatic nitrogens is 2. The topological polar surface area (TPSA) is 86.4 Å². The number of benzene rings is 1. The van der Waals surface area contributed by atoms with Crippen LogP contribution in [0.5, 0.6) is 0 Å². The molecule has 0 bridgehead atoms. The van der Waals surface area contributed by atoms with Gasteiger partial charge in [-0.25, -0.2) is 8.42 Å². The van der Waals surface area contributed by atoms with Gasteiger partial charge >= 0.3 is 0 Å². The van der Waals surface area contributed by atoms with E-state index in [9.17, 15) is 13.2 Å². The van der Waals surface area contributed by atoms with Crippen molar-refractivity contribution in [2.75, 3.05) is 19.3 Å². The van der Waals surface area contributed by atoms with Crippen LogP contribution in [0, 0.1) is 0 Å². The van der Waals surface area contributed by atoms with E-state index < -0.39 is 10.0 Å². The number of nitrogens with zero attached hydrogens (tertiary/aromatic N) is 3. The number of sulfonamides is 1. The standard InChI is InChI=1S/C22H26N4O3S/c1-30(28,29)26(14-17-6-5-11-23-12-17)19-15-25(16-19)22(27)10-4-7-18-13-24-21-9-3-2-8-20(18)21/h2-3,5-6,8-9,11-13,19,24H,4,7,10,14-16H2,1H3. The Labute approximate surface area is 176 Å². The second-order valence-corrected chi connectivity index (χ2v) is 9.77. The monoisotopic (exact) mass is 426 g/mol. The average molecular weight is 427 g/mol. The molecule has 0 unspecified atom stereocenters. The number of pyridine rings is 1. The lowest BCUT2D eigenvalue weighted by Crippen LogP contribution is -2.61. The molecule has 0 aliphatic carbocycles. The van der Waals surface area contributed by atoms with E-state index in [0.717, 1.165) is 23.9 Å². The molecule has 1 aliphatic heterocycles. The van der Waals surface area contributed by atoms with E-state index >= 15 is 0 Å². The van der Waals surface area contributed by atoms with Gasteiger partial charge in [-0.05, 0) is 36.1 Å². The molecule has 0 radical (unpaired) electrons. The van der Waals surface area contributed by atoms with Crippen LogP contribution in [-0.2, 0) is 27.8 Å². The number of hydrogen-bond donors (Lipinski definition) is 1. The maximum atomic E-state index is 12.5. The van der Waals surface area contributed by atoms with Gasteiger partial charge in [0.2, 0.25) is 15.9 Å². The Bertz CT molecular complexity index is 1120. The highest BCUT2D eigenvalue weighted by Crippen LogP contribution is 2.23. The van der Waals surface area contributed by atoms with Crippen LogP contribution in [0.25, 0.3) is 10.9 Å². The molecule has 1 saturated heterocycles. The largest absolute Gasteiger partial charge is 0.361 e. The summed E-state index contributed by atoms with van der Waals surface area (Å²) >= 11 is 0. The predicted molar refractivity (Wildman–Crippen MR) is 116 cm³/mol. The summed E-state index contributed by atoms with van der Waals surface area (Å²) in [7, 11) is -3.38. The number of nitrogens with one attached hydrogen (secondary N) is 1. The van der Waals surface area contributed by atoms with Gasteiger partial charge in [0, 0.05) is 55.5 Å². The Morgan fingerprint density at radius 1 is 1.23 bits per heavy atom. The smallest absolute Gasteiger partial charge is 0.222 e. The van der Waals surface area contributed by atoms with Crippen molar-refractivity contribution in [3.63, 3.8) is 0 Å². The summed E-state index contributed by atoms with van der Waals surface area (Å²) in [6.45, 7) is 1.17. The van der Waals surface area contributed by atoms with Gasteiger partial charge < -0.3 is 9.88 Å². The minimum atomic E-state index is -3.38. The molecule has 30 heavy (non-hydrogen) atoms. The van der Waals surface area contributed by atoms with Gasteiger partial charge in [-0.3, -0.25) is 9.78 Å². The van der Waals surface area contributed by atoms with Crippen LogP contribution < -0.4 is 0 Å². The van der Waals surface area contributed by atoms with Crippen molar-refractivity contribution in [3.8, 4) is 0 Å². The van der Waals surface area contributed by atoms with Gasteiger partial charge in [0.25, 0.3) is 0 Å². The van der Waals surface area contributed by atoms with E-state index in [-0.39, 0.29) is 18.5 Å². The Kier molecular flexibility index (Phi) is 5.87. The minimum absolute atomic E-state index is 0.0842. The van der Waals surface area contributed by atoms with Gasteiger partial charge in [-0.15, -0.1) is 0 Å². The van der Waals surface area contributed by atoms with Gasteiger partial charge in [0.1, 0.15) is 0 Å². The fraction of sp³-hybridized carbons (Fsp3) is 0.364. The summed E-state index contributed by atoms with van der Waals surface area (Å²) in [6, 6.07) is 11.6. The molecule has 158 valence electrons. The summed E-state index contributed by atoms with van der Waals surface area (Å²) < 4.78 is 26.0. The molecule has 1 aliphatic rings. The van der Waals surface area contributed by atoms with Gasteiger partial charge in [0.15, 0.2) is 0 Å². The maximum Gasteiger partial charge on any atom is 0.222 e. The van der Waals surface area contributed by atoms with Gasteiger partial charge in [-0.1, -0.05) is 24.3 Å². The summed E-state index contributed by atoms with van der Waals surface area (Å²) in [5, 5.41) is 1.20. The number of likely N-dealkylation sites (tertiary alicyclic amines) is 1. The third-order valence-electron chi connectivity index (χ3n) is 5.62. The first-order chi connectivity index (χ1) is 14.4. The molecule has 1 fully saturated rings. The predicted octanol–water partition coefficient (Wildman–Crippen LogP) is 2.56. The van der Waals surface area contributed by atoms with Crippen molar-refractivity contribution >= 4 is 26.8 Å². The maximum absolute atomic E-state index is 12.5. The number of amides is 1. The SMILES string of the molecule is CS(=O)(=O)N(Cc1cccnc1)C1CN(C(=O)CCCc2c[nH]c3ccccc23)C1. The lowest BCUT2D eigenvalue weighted by atomic mass is 10.0. The average Bonchev–Trinajstić information content (AvgIpc) is 3.09. The molecule has 8 heteroatoms. The fourth-order valence-electron chi connectivity index (χ4n) is 3.96. The highest BCUT2D eigenvalue weighted by molar-refractivity contribution is 7.88. The highest BCUT2D eigenvalue weighted by atomic mass is 32.2. The number of rotatable bonds is 8.